The van der Waals surface area contributed by atoms with Gasteiger partial charge in [0.1, 0.15) is 0 Å². The number of carbonyl (C=O) groups excluding carboxylic acids is 2. The van der Waals surface area contributed by atoms with Crippen molar-refractivity contribution >= 4 is 33.2 Å². The van der Waals surface area contributed by atoms with Crippen molar-refractivity contribution < 1.29 is 18.0 Å². The van der Waals surface area contributed by atoms with Crippen molar-refractivity contribution in [2.75, 3.05) is 29.8 Å². The van der Waals surface area contributed by atoms with E-state index in [0.29, 0.717) is 28.1 Å². The van der Waals surface area contributed by atoms with Crippen LogP contribution in [0.3, 0.4) is 0 Å². The maximum atomic E-state index is 12.9. The Labute approximate surface area is 200 Å². The molecule has 2 amide bonds. The van der Waals surface area contributed by atoms with Crippen LogP contribution in [0.5, 0.6) is 0 Å². The molecule has 0 bridgehead atoms. The van der Waals surface area contributed by atoms with Crippen molar-refractivity contribution in [1.29, 1.82) is 0 Å². The van der Waals surface area contributed by atoms with Crippen molar-refractivity contribution in [1.82, 2.24) is 4.90 Å². The normalized spacial score (nSPS) is 13.5. The average Bonchev–Trinajstić information content (AvgIpc) is 3.40. The summed E-state index contributed by atoms with van der Waals surface area (Å²) in [5.74, 6) is -0.405. The molecular weight excluding hydrogens is 450 g/mol. The second-order valence-electron chi connectivity index (χ2n) is 8.26. The van der Waals surface area contributed by atoms with Gasteiger partial charge in [0.25, 0.3) is 21.8 Å². The van der Waals surface area contributed by atoms with E-state index in [1.807, 2.05) is 17.9 Å². The van der Waals surface area contributed by atoms with E-state index in [2.05, 4.69) is 5.32 Å². The van der Waals surface area contributed by atoms with Crippen LogP contribution in [0.4, 0.5) is 11.4 Å². The first-order valence-corrected chi connectivity index (χ1v) is 12.6. The number of amides is 2. The Morgan fingerprint density at radius 1 is 0.882 bits per heavy atom. The second-order valence-corrected chi connectivity index (χ2v) is 10.2. The Bertz CT molecular complexity index is 1300. The predicted octanol–water partition coefficient (Wildman–Crippen LogP) is 4.31. The zero-order chi connectivity index (χ0) is 24.3. The molecule has 1 aliphatic rings. The molecule has 0 atom stereocenters. The quantitative estimate of drug-likeness (QED) is 0.573. The van der Waals surface area contributed by atoms with Gasteiger partial charge in [-0.2, -0.15) is 0 Å². The van der Waals surface area contributed by atoms with Crippen LogP contribution in [0.15, 0.2) is 77.7 Å². The Balaban J connectivity index is 1.50. The van der Waals surface area contributed by atoms with E-state index >= 15 is 0 Å². The first kappa shape index (κ1) is 23.5. The molecule has 1 N–H and O–H groups in total. The average molecular weight is 478 g/mol. The molecule has 7 nitrogen and oxygen atoms in total. The molecule has 0 aliphatic carbocycles. The zero-order valence-electron chi connectivity index (χ0n) is 19.2. The number of para-hydroxylation sites is 1. The van der Waals surface area contributed by atoms with Crippen molar-refractivity contribution in [3.8, 4) is 0 Å². The number of carbonyl (C=O) groups is 2. The van der Waals surface area contributed by atoms with Gasteiger partial charge in [0.05, 0.1) is 10.6 Å². The Kier molecular flexibility index (Phi) is 6.70. The minimum atomic E-state index is -3.76. The van der Waals surface area contributed by atoms with Crippen LogP contribution in [-0.4, -0.2) is 45.3 Å². The molecule has 3 aromatic rings. The molecule has 176 valence electrons. The molecule has 0 aromatic heterocycles. The van der Waals surface area contributed by atoms with E-state index in [9.17, 15) is 18.0 Å². The maximum Gasteiger partial charge on any atom is 0.264 e. The largest absolute Gasteiger partial charge is 0.339 e. The predicted molar refractivity (Wildman–Crippen MR) is 133 cm³/mol. The summed E-state index contributed by atoms with van der Waals surface area (Å²) in [7, 11) is -2.27. The monoisotopic (exact) mass is 477 g/mol. The van der Waals surface area contributed by atoms with E-state index in [-0.39, 0.29) is 16.7 Å². The third kappa shape index (κ3) is 4.68. The number of benzene rings is 3. The van der Waals surface area contributed by atoms with Crippen LogP contribution >= 0.6 is 0 Å². The number of nitrogens with zero attached hydrogens (tertiary/aromatic N) is 2. The van der Waals surface area contributed by atoms with Gasteiger partial charge in [-0.15, -0.1) is 0 Å². The molecule has 34 heavy (non-hydrogen) atoms. The van der Waals surface area contributed by atoms with Gasteiger partial charge in [-0.3, -0.25) is 13.9 Å². The molecule has 0 saturated carbocycles. The number of likely N-dealkylation sites (tertiary alicyclic amines) is 1. The molecule has 8 heteroatoms. The molecule has 0 unspecified atom stereocenters. The number of hydrogen-bond acceptors (Lipinski definition) is 4. The van der Waals surface area contributed by atoms with Crippen LogP contribution in [0.2, 0.25) is 0 Å². The van der Waals surface area contributed by atoms with Gasteiger partial charge in [-0.25, -0.2) is 8.42 Å². The van der Waals surface area contributed by atoms with Crippen molar-refractivity contribution in [2.45, 2.75) is 24.7 Å². The van der Waals surface area contributed by atoms with Gasteiger partial charge in [-0.05, 0) is 73.9 Å². The maximum absolute atomic E-state index is 12.9. The lowest BCUT2D eigenvalue weighted by molar-refractivity contribution is 0.0791. The minimum absolute atomic E-state index is 0.0248. The van der Waals surface area contributed by atoms with E-state index in [1.54, 1.807) is 42.5 Å². The summed E-state index contributed by atoms with van der Waals surface area (Å²) in [6.07, 6.45) is 2.02. The van der Waals surface area contributed by atoms with Crippen LogP contribution in [-0.2, 0) is 10.0 Å². The van der Waals surface area contributed by atoms with Gasteiger partial charge in [0.15, 0.2) is 0 Å². The summed E-state index contributed by atoms with van der Waals surface area (Å²) >= 11 is 0. The van der Waals surface area contributed by atoms with Gasteiger partial charge < -0.3 is 10.2 Å². The minimum Gasteiger partial charge on any atom is -0.339 e. The Hall–Kier alpha value is -3.65. The summed E-state index contributed by atoms with van der Waals surface area (Å²) in [5.41, 5.74) is 2.69. The number of rotatable bonds is 6. The third-order valence-corrected chi connectivity index (χ3v) is 7.90. The highest BCUT2D eigenvalue weighted by atomic mass is 32.2. The van der Waals surface area contributed by atoms with Gasteiger partial charge in [0, 0.05) is 37.0 Å². The highest BCUT2D eigenvalue weighted by Crippen LogP contribution is 2.24. The Morgan fingerprint density at radius 3 is 2.18 bits per heavy atom. The third-order valence-electron chi connectivity index (χ3n) is 6.10. The molecule has 4 rings (SSSR count). The number of hydrogen-bond donors (Lipinski definition) is 1. The Morgan fingerprint density at radius 2 is 1.53 bits per heavy atom. The smallest absolute Gasteiger partial charge is 0.264 e. The van der Waals surface area contributed by atoms with Crippen LogP contribution in [0.25, 0.3) is 0 Å². The number of sulfonamides is 1. The lowest BCUT2D eigenvalue weighted by Crippen LogP contribution is -2.28. The first-order chi connectivity index (χ1) is 16.3. The van der Waals surface area contributed by atoms with Crippen molar-refractivity contribution in [2.24, 2.45) is 0 Å². The lowest BCUT2D eigenvalue weighted by Gasteiger charge is -2.19. The summed E-state index contributed by atoms with van der Waals surface area (Å²) in [6, 6.07) is 19.9. The molecule has 3 aromatic carbocycles. The number of nitrogens with one attached hydrogen (secondary N) is 1. The molecule has 1 aliphatic heterocycles. The second kappa shape index (κ2) is 9.69. The molecule has 0 spiro atoms. The van der Waals surface area contributed by atoms with Crippen LogP contribution in [0, 0.1) is 6.92 Å². The fourth-order valence-electron chi connectivity index (χ4n) is 4.00. The van der Waals surface area contributed by atoms with Gasteiger partial charge >= 0.3 is 0 Å². The SMILES string of the molecule is Cc1c(NC(=O)c2ccc(S(=O)(=O)N(C)c3ccccc3)cc2)cccc1C(=O)N1CCCC1. The van der Waals surface area contributed by atoms with Crippen LogP contribution < -0.4 is 9.62 Å². The standard InChI is InChI=1S/C26H27N3O4S/c1-19-23(26(31)29-17-6-7-18-29)11-8-12-24(19)27-25(30)20-13-15-22(16-14-20)34(32,33)28(2)21-9-4-3-5-10-21/h3-5,8-16H,6-7,17-18H2,1-2H3,(H,27,30). The highest BCUT2D eigenvalue weighted by Gasteiger charge is 2.23. The summed E-state index contributed by atoms with van der Waals surface area (Å²) in [5, 5.41) is 2.85. The van der Waals surface area contributed by atoms with E-state index < -0.39 is 10.0 Å². The first-order valence-electron chi connectivity index (χ1n) is 11.1. The fraction of sp³-hybridized carbons (Fsp3) is 0.231. The molecule has 1 saturated heterocycles. The lowest BCUT2D eigenvalue weighted by atomic mass is 10.0. The topological polar surface area (TPSA) is 86.8 Å². The highest BCUT2D eigenvalue weighted by molar-refractivity contribution is 7.92. The molecule has 0 radical (unpaired) electrons. The molecule has 1 fully saturated rings. The van der Waals surface area contributed by atoms with E-state index in [0.717, 1.165) is 25.9 Å². The fourth-order valence-corrected chi connectivity index (χ4v) is 5.20. The van der Waals surface area contributed by atoms with Gasteiger partial charge in [-0.1, -0.05) is 24.3 Å². The summed E-state index contributed by atoms with van der Waals surface area (Å²) < 4.78 is 27.1. The van der Waals surface area contributed by atoms with Crippen molar-refractivity contribution in [3.63, 3.8) is 0 Å². The summed E-state index contributed by atoms with van der Waals surface area (Å²) in [4.78, 5) is 27.6. The molecular formula is C26H27N3O4S. The zero-order valence-corrected chi connectivity index (χ0v) is 20.0. The van der Waals surface area contributed by atoms with E-state index in [4.69, 9.17) is 0 Å². The number of anilines is 2. The summed E-state index contributed by atoms with van der Waals surface area (Å²) in [6.45, 7) is 3.32. The molecule has 1 heterocycles. The van der Waals surface area contributed by atoms with Crippen LogP contribution in [0.1, 0.15) is 39.1 Å². The van der Waals surface area contributed by atoms with Crippen molar-refractivity contribution in [3.05, 3.63) is 89.5 Å². The van der Waals surface area contributed by atoms with E-state index in [1.165, 1.54) is 35.6 Å². The van der Waals surface area contributed by atoms with Gasteiger partial charge in [0.2, 0.25) is 0 Å².